The second-order valence-corrected chi connectivity index (χ2v) is 6.76. The molecule has 0 aliphatic heterocycles. The van der Waals surface area contributed by atoms with Gasteiger partial charge in [0, 0.05) is 15.9 Å². The Morgan fingerprint density at radius 1 is 1.33 bits per heavy atom. The predicted octanol–water partition coefficient (Wildman–Crippen LogP) is 4.40. The second-order valence-electron chi connectivity index (χ2n) is 3.99. The molecular formula is C13H10Br2N2O3S. The van der Waals surface area contributed by atoms with Crippen molar-refractivity contribution in [3.8, 4) is 0 Å². The Bertz CT molecular complexity index is 715. The first-order valence-electron chi connectivity index (χ1n) is 5.74. The number of nitrogens with zero attached hydrogens (tertiary/aromatic N) is 1. The molecule has 0 atom stereocenters. The van der Waals surface area contributed by atoms with Gasteiger partial charge in [0.2, 0.25) is 0 Å². The first kappa shape index (κ1) is 16.1. The summed E-state index contributed by atoms with van der Waals surface area (Å²) in [5, 5.41) is 3.52. The number of halogens is 2. The minimum atomic E-state index is -0.626. The van der Waals surface area contributed by atoms with Crippen LogP contribution in [0.4, 0.5) is 10.8 Å². The molecule has 0 amide bonds. The summed E-state index contributed by atoms with van der Waals surface area (Å²) in [6.45, 7) is 1.39. The number of ketones is 1. The number of ether oxygens (including phenoxy) is 1. The van der Waals surface area contributed by atoms with Crippen LogP contribution in [-0.2, 0) is 4.74 Å². The highest BCUT2D eigenvalue weighted by Crippen LogP contribution is 2.32. The molecule has 0 aliphatic carbocycles. The quantitative estimate of drug-likeness (QED) is 0.571. The van der Waals surface area contributed by atoms with E-state index in [1.165, 1.54) is 14.0 Å². The summed E-state index contributed by atoms with van der Waals surface area (Å²) in [7, 11) is 1.25. The Hall–Kier alpha value is -1.25. The Labute approximate surface area is 142 Å². The molecule has 0 saturated carbocycles. The van der Waals surface area contributed by atoms with Crippen molar-refractivity contribution in [1.29, 1.82) is 0 Å². The van der Waals surface area contributed by atoms with Crippen LogP contribution in [0.1, 0.15) is 27.1 Å². The number of benzene rings is 1. The van der Waals surface area contributed by atoms with Crippen molar-refractivity contribution >= 4 is 65.8 Å². The van der Waals surface area contributed by atoms with Gasteiger partial charge in [-0.05, 0) is 34.1 Å². The van der Waals surface area contributed by atoms with E-state index in [0.29, 0.717) is 5.13 Å². The van der Waals surface area contributed by atoms with Gasteiger partial charge >= 0.3 is 5.97 Å². The monoisotopic (exact) mass is 432 g/mol. The molecule has 0 bridgehead atoms. The zero-order valence-corrected chi connectivity index (χ0v) is 15.1. The molecule has 0 spiro atoms. The molecule has 1 N–H and O–H groups in total. The van der Waals surface area contributed by atoms with Crippen LogP contribution in [0.25, 0.3) is 0 Å². The Morgan fingerprint density at radius 2 is 2.05 bits per heavy atom. The summed E-state index contributed by atoms with van der Waals surface area (Å²) in [5.41, 5.74) is 0.809. The maximum absolute atomic E-state index is 11.6. The molecule has 2 aromatic rings. The van der Waals surface area contributed by atoms with Gasteiger partial charge in [0.25, 0.3) is 0 Å². The standard InChI is InChI=1S/C13H10Br2N2O3S/c1-6(18)11-10(12(19)20-2)17-13(21-11)16-9-4-3-7(14)5-8(9)15/h3-5H,1-2H3,(H,16,17). The molecule has 0 radical (unpaired) electrons. The van der Waals surface area contributed by atoms with Gasteiger partial charge in [-0.3, -0.25) is 4.79 Å². The van der Waals surface area contributed by atoms with Crippen molar-refractivity contribution < 1.29 is 14.3 Å². The molecular weight excluding hydrogens is 424 g/mol. The molecule has 21 heavy (non-hydrogen) atoms. The van der Waals surface area contributed by atoms with Crippen molar-refractivity contribution in [2.45, 2.75) is 6.92 Å². The second kappa shape index (κ2) is 6.67. The molecule has 1 aromatic carbocycles. The summed E-state index contributed by atoms with van der Waals surface area (Å²) in [4.78, 5) is 27.6. The Kier molecular flexibility index (Phi) is 5.13. The lowest BCUT2D eigenvalue weighted by molar-refractivity contribution is 0.0591. The van der Waals surface area contributed by atoms with E-state index in [1.54, 1.807) is 0 Å². The third-order valence-corrected chi connectivity index (χ3v) is 4.72. The van der Waals surface area contributed by atoms with Crippen LogP contribution in [0, 0.1) is 0 Å². The van der Waals surface area contributed by atoms with Crippen LogP contribution in [0.2, 0.25) is 0 Å². The number of thiazole rings is 1. The number of carbonyl (C=O) groups excluding carboxylic acids is 2. The molecule has 0 unspecified atom stereocenters. The molecule has 2 rings (SSSR count). The fourth-order valence-electron chi connectivity index (χ4n) is 1.55. The minimum Gasteiger partial charge on any atom is -0.464 e. The lowest BCUT2D eigenvalue weighted by Gasteiger charge is -2.05. The summed E-state index contributed by atoms with van der Waals surface area (Å²) < 4.78 is 6.40. The van der Waals surface area contributed by atoms with E-state index in [1.807, 2.05) is 18.2 Å². The topological polar surface area (TPSA) is 68.3 Å². The van der Waals surface area contributed by atoms with E-state index in [2.05, 4.69) is 46.9 Å². The number of nitrogens with one attached hydrogen (secondary N) is 1. The zero-order valence-electron chi connectivity index (χ0n) is 11.1. The minimum absolute atomic E-state index is 0.0331. The Balaban J connectivity index is 2.37. The van der Waals surface area contributed by atoms with Gasteiger partial charge in [-0.25, -0.2) is 9.78 Å². The van der Waals surface area contributed by atoms with Crippen molar-refractivity contribution in [3.63, 3.8) is 0 Å². The van der Waals surface area contributed by atoms with E-state index in [4.69, 9.17) is 0 Å². The smallest absolute Gasteiger partial charge is 0.358 e. The average Bonchev–Trinajstić information content (AvgIpc) is 2.85. The number of hydrogen-bond donors (Lipinski definition) is 1. The summed E-state index contributed by atoms with van der Waals surface area (Å²) in [6.07, 6.45) is 0. The number of esters is 1. The van der Waals surface area contributed by atoms with Gasteiger partial charge in [-0.1, -0.05) is 27.3 Å². The summed E-state index contributed by atoms with van der Waals surface area (Å²) >= 11 is 7.91. The van der Waals surface area contributed by atoms with Gasteiger partial charge in [-0.15, -0.1) is 0 Å². The number of anilines is 2. The number of rotatable bonds is 4. The van der Waals surface area contributed by atoms with Crippen LogP contribution in [0.15, 0.2) is 27.1 Å². The van der Waals surface area contributed by atoms with Crippen molar-refractivity contribution in [1.82, 2.24) is 4.98 Å². The number of hydrogen-bond acceptors (Lipinski definition) is 6. The van der Waals surface area contributed by atoms with E-state index in [0.717, 1.165) is 26.0 Å². The third-order valence-electron chi connectivity index (χ3n) is 2.50. The molecule has 5 nitrogen and oxygen atoms in total. The van der Waals surface area contributed by atoms with E-state index < -0.39 is 5.97 Å². The summed E-state index contributed by atoms with van der Waals surface area (Å²) in [5.74, 6) is -0.852. The van der Waals surface area contributed by atoms with Crippen LogP contribution < -0.4 is 5.32 Å². The first-order valence-corrected chi connectivity index (χ1v) is 8.14. The number of methoxy groups -OCH3 is 1. The van der Waals surface area contributed by atoms with Gasteiger partial charge in [0.15, 0.2) is 16.6 Å². The maximum Gasteiger partial charge on any atom is 0.358 e. The lowest BCUT2D eigenvalue weighted by Crippen LogP contribution is -2.07. The molecule has 0 aliphatic rings. The van der Waals surface area contributed by atoms with Gasteiger partial charge < -0.3 is 10.1 Å². The molecule has 0 fully saturated rings. The molecule has 1 heterocycles. The molecule has 8 heteroatoms. The van der Waals surface area contributed by atoms with E-state index >= 15 is 0 Å². The normalized spacial score (nSPS) is 10.3. The third kappa shape index (κ3) is 3.69. The average molecular weight is 434 g/mol. The van der Waals surface area contributed by atoms with Crippen LogP contribution in [0.5, 0.6) is 0 Å². The largest absolute Gasteiger partial charge is 0.464 e. The Morgan fingerprint density at radius 3 is 2.62 bits per heavy atom. The van der Waals surface area contributed by atoms with Crippen LogP contribution in [0.3, 0.4) is 0 Å². The number of Topliss-reactive ketones (excluding diaryl/α,β-unsaturated/α-hetero) is 1. The van der Waals surface area contributed by atoms with Crippen molar-refractivity contribution in [2.75, 3.05) is 12.4 Å². The number of aromatic nitrogens is 1. The molecule has 0 saturated heterocycles. The van der Waals surface area contributed by atoms with Crippen molar-refractivity contribution in [3.05, 3.63) is 37.7 Å². The van der Waals surface area contributed by atoms with Crippen molar-refractivity contribution in [2.24, 2.45) is 0 Å². The summed E-state index contributed by atoms with van der Waals surface area (Å²) in [6, 6.07) is 5.59. The molecule has 1 aromatic heterocycles. The first-order chi connectivity index (χ1) is 9.92. The van der Waals surface area contributed by atoms with Crippen LogP contribution in [-0.4, -0.2) is 23.8 Å². The highest BCUT2D eigenvalue weighted by molar-refractivity contribution is 9.11. The van der Waals surface area contributed by atoms with E-state index in [9.17, 15) is 9.59 Å². The van der Waals surface area contributed by atoms with Gasteiger partial charge in [0.1, 0.15) is 4.88 Å². The SMILES string of the molecule is COC(=O)c1nc(Nc2ccc(Br)cc2Br)sc1C(C)=O. The predicted molar refractivity (Wildman–Crippen MR) is 88.6 cm³/mol. The molecule has 110 valence electrons. The highest BCUT2D eigenvalue weighted by atomic mass is 79.9. The fourth-order valence-corrected chi connectivity index (χ4v) is 3.56. The van der Waals surface area contributed by atoms with Crippen LogP contribution >= 0.6 is 43.2 Å². The lowest BCUT2D eigenvalue weighted by atomic mass is 10.3. The maximum atomic E-state index is 11.6. The fraction of sp³-hybridized carbons (Fsp3) is 0.154. The van der Waals surface area contributed by atoms with Gasteiger partial charge in [-0.2, -0.15) is 0 Å². The zero-order chi connectivity index (χ0) is 15.6. The van der Waals surface area contributed by atoms with E-state index in [-0.39, 0.29) is 16.4 Å². The highest BCUT2D eigenvalue weighted by Gasteiger charge is 2.22. The number of carbonyl (C=O) groups is 2. The van der Waals surface area contributed by atoms with Gasteiger partial charge in [0.05, 0.1) is 12.8 Å².